The Kier molecular flexibility index (Phi) is 17.6. The summed E-state index contributed by atoms with van der Waals surface area (Å²) in [4.78, 5) is 31.1. The number of fused-ring (bicyclic) bond motifs is 2. The Labute approximate surface area is 428 Å². The zero-order valence-corrected chi connectivity index (χ0v) is 43.6. The monoisotopic (exact) mass is 1020 g/mol. The van der Waals surface area contributed by atoms with E-state index in [1.165, 1.54) is 5.69 Å². The Hall–Kier alpha value is -5.00. The van der Waals surface area contributed by atoms with Crippen molar-refractivity contribution in [3.05, 3.63) is 92.1 Å². The minimum Gasteiger partial charge on any atom is -0.476 e. The van der Waals surface area contributed by atoms with E-state index in [2.05, 4.69) is 24.9 Å². The van der Waals surface area contributed by atoms with Gasteiger partial charge in [0.25, 0.3) is 5.91 Å². The van der Waals surface area contributed by atoms with Gasteiger partial charge in [-0.25, -0.2) is 22.4 Å². The van der Waals surface area contributed by atoms with Crippen molar-refractivity contribution in [2.24, 2.45) is 11.8 Å². The number of carboxylic acid groups (broad SMARTS) is 1. The van der Waals surface area contributed by atoms with Crippen LogP contribution in [0.1, 0.15) is 143 Å². The number of rotatable bonds is 12. The molecule has 0 spiro atoms. The third-order valence-corrected chi connectivity index (χ3v) is 17.2. The Morgan fingerprint density at radius 1 is 0.616 bits per heavy atom. The van der Waals surface area contributed by atoms with E-state index in [0.29, 0.717) is 56.6 Å². The number of aliphatic hydroxyl groups excluding tert-OH is 2. The van der Waals surface area contributed by atoms with Gasteiger partial charge in [-0.2, -0.15) is 10.2 Å². The first-order valence-electron chi connectivity index (χ1n) is 27.0. The maximum atomic E-state index is 14.4. The molecular formula is C56H78F4N8O5. The van der Waals surface area contributed by atoms with Crippen LogP contribution in [0.15, 0.2) is 24.3 Å². The van der Waals surface area contributed by atoms with Gasteiger partial charge in [0.1, 0.15) is 23.0 Å². The number of hydrogen-bond donors (Lipinski definition) is 4. The molecule has 17 heteroatoms. The summed E-state index contributed by atoms with van der Waals surface area (Å²) in [7, 11) is 0. The maximum absolute atomic E-state index is 14.4. The van der Waals surface area contributed by atoms with Crippen molar-refractivity contribution in [3.8, 4) is 0 Å². The predicted octanol–water partition coefficient (Wildman–Crippen LogP) is 8.57. The number of carbonyl (C=O) groups excluding carboxylic acids is 1. The number of benzene rings is 2. The van der Waals surface area contributed by atoms with Crippen molar-refractivity contribution < 1.29 is 42.5 Å². The summed E-state index contributed by atoms with van der Waals surface area (Å²) in [5.41, 5.74) is 8.12. The van der Waals surface area contributed by atoms with Crippen LogP contribution in [-0.2, 0) is 38.8 Å². The van der Waals surface area contributed by atoms with E-state index in [1.807, 2.05) is 44.5 Å². The Morgan fingerprint density at radius 3 is 1.47 bits per heavy atom. The van der Waals surface area contributed by atoms with Crippen molar-refractivity contribution in [2.75, 3.05) is 75.4 Å². The van der Waals surface area contributed by atoms with Gasteiger partial charge in [0.05, 0.1) is 13.2 Å². The number of aromatic carboxylic acids is 1. The predicted molar refractivity (Wildman–Crippen MR) is 275 cm³/mol. The van der Waals surface area contributed by atoms with Gasteiger partial charge >= 0.3 is 5.97 Å². The summed E-state index contributed by atoms with van der Waals surface area (Å²) in [6.07, 6.45) is 13.4. The molecule has 4 N–H and O–H groups in total. The van der Waals surface area contributed by atoms with Crippen LogP contribution in [0.2, 0.25) is 0 Å². The highest BCUT2D eigenvalue weighted by Crippen LogP contribution is 2.35. The second kappa shape index (κ2) is 23.7. The van der Waals surface area contributed by atoms with Crippen LogP contribution in [0.5, 0.6) is 0 Å². The lowest BCUT2D eigenvalue weighted by Crippen LogP contribution is -2.46. The van der Waals surface area contributed by atoms with E-state index in [9.17, 15) is 37.4 Å². The molecule has 4 aliphatic heterocycles. The van der Waals surface area contributed by atoms with Crippen LogP contribution >= 0.6 is 0 Å². The summed E-state index contributed by atoms with van der Waals surface area (Å²) in [5.74, 6) is -0.0601. The van der Waals surface area contributed by atoms with Crippen molar-refractivity contribution in [1.82, 2.24) is 29.8 Å². The van der Waals surface area contributed by atoms with Crippen LogP contribution in [0.25, 0.3) is 0 Å². The molecule has 73 heavy (non-hydrogen) atoms. The minimum absolute atomic E-state index is 0.0924. The van der Waals surface area contributed by atoms with E-state index in [0.717, 1.165) is 167 Å². The van der Waals surface area contributed by atoms with E-state index in [1.54, 1.807) is 17.0 Å². The van der Waals surface area contributed by atoms with Gasteiger partial charge in [-0.1, -0.05) is 0 Å². The molecule has 4 fully saturated rings. The number of aromatic nitrogens is 4. The fourth-order valence-corrected chi connectivity index (χ4v) is 11.9. The fourth-order valence-electron chi connectivity index (χ4n) is 11.9. The lowest BCUT2D eigenvalue weighted by Gasteiger charge is -2.35. The molecule has 2 aliphatic carbocycles. The van der Waals surface area contributed by atoms with Gasteiger partial charge in [0.2, 0.25) is 0 Å². The van der Waals surface area contributed by atoms with Crippen LogP contribution in [0, 0.1) is 51.2 Å². The second-order valence-electron chi connectivity index (χ2n) is 21.7. The maximum Gasteiger partial charge on any atom is 0.356 e. The van der Waals surface area contributed by atoms with Gasteiger partial charge in [-0.05, 0) is 189 Å². The third-order valence-electron chi connectivity index (χ3n) is 17.2. The zero-order chi connectivity index (χ0) is 52.0. The number of alkyl halides is 2. The fraction of sp³-hybridized carbons (Fsp3) is 0.643. The number of carbonyl (C=O) groups is 2. The molecule has 4 aromatic rings. The average molecular weight is 1020 g/mol. The van der Waals surface area contributed by atoms with Gasteiger partial charge < -0.3 is 35.3 Å². The van der Waals surface area contributed by atoms with Crippen molar-refractivity contribution in [1.29, 1.82) is 0 Å². The number of amides is 1. The molecule has 13 nitrogen and oxygen atoms in total. The highest BCUT2D eigenvalue weighted by Gasteiger charge is 2.38. The SMILES string of the molecule is Cc1c(F)ccc(N2CCC(CCn3nc(C(=O)N4CCC(F)(CO)CC4)c4c3CCC4)CC2)c1C.Cc1c(F)ccc(N2CCC(CCn3nc(C(=O)O)c4c3CCC4)CC2)c1C.OCC1(F)CCNCC1. The third kappa shape index (κ3) is 12.4. The Morgan fingerprint density at radius 2 is 1.04 bits per heavy atom. The smallest absolute Gasteiger partial charge is 0.356 e. The number of nitrogens with one attached hydrogen (secondary N) is 1. The molecule has 2 aromatic carbocycles. The molecule has 1 amide bonds. The first-order valence-corrected chi connectivity index (χ1v) is 27.0. The molecule has 0 saturated carbocycles. The summed E-state index contributed by atoms with van der Waals surface area (Å²) in [6, 6.07) is 6.95. The van der Waals surface area contributed by atoms with Gasteiger partial charge in [0, 0.05) is 99.1 Å². The number of nitrogens with zero attached hydrogens (tertiary/aromatic N) is 7. The van der Waals surface area contributed by atoms with Crippen LogP contribution in [0.3, 0.4) is 0 Å². The molecule has 6 aliphatic rings. The highest BCUT2D eigenvalue weighted by atomic mass is 19.2. The largest absolute Gasteiger partial charge is 0.476 e. The molecule has 6 heterocycles. The molecule has 400 valence electrons. The van der Waals surface area contributed by atoms with Gasteiger partial charge in [-0.15, -0.1) is 0 Å². The lowest BCUT2D eigenvalue weighted by molar-refractivity contribution is 0.00965. The van der Waals surface area contributed by atoms with Gasteiger partial charge in [-0.3, -0.25) is 14.2 Å². The quantitative estimate of drug-likeness (QED) is 0.102. The van der Waals surface area contributed by atoms with Crippen LogP contribution in [0.4, 0.5) is 28.9 Å². The standard InChI is InChI=1S/C28H38F2N4O2.C22H28FN3O2.C6H12FNO/c1-19-20(2)24(7-6-23(19)29)32-13-8-21(9-14-32)10-15-34-25-5-3-4-22(25)26(31-34)27(36)33-16-11-28(30,18-35)12-17-33;1-14-15(2)19(7-6-18(14)23)25-11-8-16(9-12-25)10-13-26-20-5-3-4-17(20)21(24-26)22(27)28;7-6(5-9)1-3-8-4-2-6/h6-7,21,35H,3-5,8-18H2,1-2H3;6-7,16H,3-5,8-13H2,1-2H3,(H,27,28);8-9H,1-5H2. The minimum atomic E-state index is -1.57. The van der Waals surface area contributed by atoms with Crippen LogP contribution in [-0.4, -0.2) is 129 Å². The van der Waals surface area contributed by atoms with Crippen molar-refractivity contribution in [3.63, 3.8) is 0 Å². The van der Waals surface area contributed by atoms with Crippen molar-refractivity contribution >= 4 is 23.3 Å². The Bertz CT molecular complexity index is 2550. The number of hydrogen-bond acceptors (Lipinski definition) is 9. The summed E-state index contributed by atoms with van der Waals surface area (Å²) in [6.45, 7) is 14.4. The summed E-state index contributed by atoms with van der Waals surface area (Å²) < 4.78 is 59.0. The van der Waals surface area contributed by atoms with E-state index < -0.39 is 23.9 Å². The van der Waals surface area contributed by atoms with Crippen LogP contribution < -0.4 is 15.1 Å². The zero-order valence-electron chi connectivity index (χ0n) is 43.6. The lowest BCUT2D eigenvalue weighted by atomic mass is 9.92. The topological polar surface area (TPSA) is 152 Å². The van der Waals surface area contributed by atoms with E-state index >= 15 is 0 Å². The first kappa shape index (κ1) is 54.3. The summed E-state index contributed by atoms with van der Waals surface area (Å²) >= 11 is 0. The molecule has 4 saturated heterocycles. The van der Waals surface area contributed by atoms with E-state index in [4.69, 9.17) is 10.2 Å². The molecule has 0 unspecified atom stereocenters. The molecule has 10 rings (SSSR count). The number of halogens is 4. The number of carboxylic acids is 1. The molecule has 0 atom stereocenters. The van der Waals surface area contributed by atoms with Gasteiger partial charge in [0.15, 0.2) is 11.4 Å². The number of piperidine rings is 4. The second-order valence-corrected chi connectivity index (χ2v) is 21.7. The molecule has 2 aromatic heterocycles. The normalized spacial score (nSPS) is 19.7. The average Bonchev–Trinajstić information content (AvgIpc) is 4.22. The van der Waals surface area contributed by atoms with Crippen molar-refractivity contribution in [2.45, 2.75) is 155 Å². The summed E-state index contributed by atoms with van der Waals surface area (Å²) in [5, 5.41) is 39.4. The number of likely N-dealkylation sites (tertiary alicyclic amines) is 1. The number of aliphatic hydroxyl groups is 2. The first-order chi connectivity index (χ1) is 35.0. The molecular weight excluding hydrogens is 941 g/mol. The van der Waals surface area contributed by atoms with E-state index in [-0.39, 0.29) is 42.7 Å². The number of aryl methyl sites for hydroxylation is 2. The highest BCUT2D eigenvalue weighted by molar-refractivity contribution is 5.94. The molecule has 0 bridgehead atoms. The molecule has 0 radical (unpaired) electrons. The number of anilines is 2. The Balaban J connectivity index is 0.000000170.